The number of nitrogens with zero attached hydrogens (tertiary/aromatic N) is 2. The first-order valence-corrected chi connectivity index (χ1v) is 11.4. The minimum absolute atomic E-state index is 0.0714. The normalized spacial score (nSPS) is 11.0. The fourth-order valence-corrected chi connectivity index (χ4v) is 4.08. The number of ether oxygens (including phenoxy) is 1. The van der Waals surface area contributed by atoms with Gasteiger partial charge in [0.25, 0.3) is 11.6 Å². The number of carbonyl (C=O) groups is 2. The van der Waals surface area contributed by atoms with Gasteiger partial charge in [-0.25, -0.2) is 4.79 Å². The van der Waals surface area contributed by atoms with Crippen LogP contribution in [0.1, 0.15) is 15.9 Å². The van der Waals surface area contributed by atoms with Crippen molar-refractivity contribution >= 4 is 63.3 Å². The number of nitrogens with one attached hydrogen (secondary N) is 1. The van der Waals surface area contributed by atoms with Gasteiger partial charge in [0.15, 0.2) is 0 Å². The number of carbonyl (C=O) groups excluding carboxylic acids is 2. The van der Waals surface area contributed by atoms with Gasteiger partial charge in [-0.15, -0.1) is 0 Å². The van der Waals surface area contributed by atoms with Gasteiger partial charge in [0.2, 0.25) is 0 Å². The van der Waals surface area contributed by atoms with E-state index in [2.05, 4.69) is 5.32 Å². The zero-order valence-electron chi connectivity index (χ0n) is 18.8. The first-order chi connectivity index (χ1) is 17.8. The summed E-state index contributed by atoms with van der Waals surface area (Å²) in [4.78, 5) is 35.8. The Morgan fingerprint density at radius 1 is 0.973 bits per heavy atom. The van der Waals surface area contributed by atoms with Crippen LogP contribution in [0.15, 0.2) is 84.4 Å². The lowest BCUT2D eigenvalue weighted by molar-refractivity contribution is -0.384. The maximum Gasteiger partial charge on any atom is 0.344 e. The molecule has 0 radical (unpaired) electrons. The lowest BCUT2D eigenvalue weighted by Crippen LogP contribution is -2.14. The highest BCUT2D eigenvalue weighted by molar-refractivity contribution is 6.40. The zero-order valence-corrected chi connectivity index (χ0v) is 20.3. The highest BCUT2D eigenvalue weighted by Gasteiger charge is 2.19. The van der Waals surface area contributed by atoms with Crippen molar-refractivity contribution in [3.8, 4) is 11.8 Å². The Bertz CT molecular complexity index is 1610. The van der Waals surface area contributed by atoms with Gasteiger partial charge in [0, 0.05) is 12.1 Å². The van der Waals surface area contributed by atoms with Crippen molar-refractivity contribution in [3.05, 3.63) is 116 Å². The van der Waals surface area contributed by atoms with Crippen LogP contribution in [-0.2, 0) is 4.79 Å². The summed E-state index contributed by atoms with van der Waals surface area (Å²) in [5, 5.41) is 24.2. The quantitative estimate of drug-likeness (QED) is 0.0726. The molecule has 0 bridgehead atoms. The summed E-state index contributed by atoms with van der Waals surface area (Å²) < 4.78 is 5.54. The molecule has 0 heterocycles. The third-order valence-corrected chi connectivity index (χ3v) is 5.83. The Labute approximate surface area is 220 Å². The molecule has 1 amide bonds. The standard InChI is InChI=1S/C27H15Cl2N3O5/c28-23-13-19(32(35)36)14-24(29)25(23)31-26(33)18(15-30)11-16-5-3-8-20(12-16)37-27(34)22-10-4-7-17-6-1-2-9-21(17)22/h1-14H,(H,31,33)/b18-11+. The number of benzene rings is 4. The molecule has 0 unspecified atom stereocenters. The smallest absolute Gasteiger partial charge is 0.344 e. The molecule has 4 aromatic rings. The number of nitriles is 1. The van der Waals surface area contributed by atoms with Gasteiger partial charge >= 0.3 is 5.97 Å². The molecule has 0 atom stereocenters. The molecule has 0 aliphatic rings. The van der Waals surface area contributed by atoms with Crippen LogP contribution in [0.25, 0.3) is 16.8 Å². The van der Waals surface area contributed by atoms with Crippen LogP contribution in [0.2, 0.25) is 10.0 Å². The first kappa shape index (κ1) is 25.4. The molecule has 0 saturated heterocycles. The molecule has 0 fully saturated rings. The summed E-state index contributed by atoms with van der Waals surface area (Å²) in [6, 6.07) is 22.9. The minimum atomic E-state index is -0.835. The van der Waals surface area contributed by atoms with Crippen molar-refractivity contribution in [2.45, 2.75) is 0 Å². The highest BCUT2D eigenvalue weighted by atomic mass is 35.5. The molecule has 10 heteroatoms. The van der Waals surface area contributed by atoms with Crippen LogP contribution in [-0.4, -0.2) is 16.8 Å². The van der Waals surface area contributed by atoms with Crippen molar-refractivity contribution in [2.24, 2.45) is 0 Å². The summed E-state index contributed by atoms with van der Waals surface area (Å²) in [7, 11) is 0. The van der Waals surface area contributed by atoms with Crippen molar-refractivity contribution in [3.63, 3.8) is 0 Å². The number of hydrogen-bond donors (Lipinski definition) is 1. The van der Waals surface area contributed by atoms with E-state index in [1.54, 1.807) is 36.4 Å². The van der Waals surface area contributed by atoms with Gasteiger partial charge in [-0.2, -0.15) is 5.26 Å². The third-order valence-electron chi connectivity index (χ3n) is 5.23. The number of amides is 1. The van der Waals surface area contributed by atoms with E-state index >= 15 is 0 Å². The topological polar surface area (TPSA) is 122 Å². The fourth-order valence-electron chi connectivity index (χ4n) is 3.51. The lowest BCUT2D eigenvalue weighted by atomic mass is 10.0. The number of anilines is 1. The Hall–Kier alpha value is -4.71. The number of nitro groups is 1. The van der Waals surface area contributed by atoms with E-state index in [1.807, 2.05) is 30.3 Å². The van der Waals surface area contributed by atoms with Gasteiger partial charge in [-0.1, -0.05) is 71.7 Å². The molecule has 0 aliphatic carbocycles. The first-order valence-electron chi connectivity index (χ1n) is 10.6. The molecule has 0 aliphatic heterocycles. The van der Waals surface area contributed by atoms with Crippen molar-refractivity contribution in [1.29, 1.82) is 5.26 Å². The maximum absolute atomic E-state index is 12.8. The molecule has 0 saturated carbocycles. The Kier molecular flexibility index (Phi) is 7.49. The summed E-state index contributed by atoms with van der Waals surface area (Å²) in [6.45, 7) is 0. The van der Waals surface area contributed by atoms with E-state index < -0.39 is 16.8 Å². The van der Waals surface area contributed by atoms with Gasteiger partial charge in [0.05, 0.1) is 26.2 Å². The number of nitro benzene ring substituents is 1. The molecule has 8 nitrogen and oxygen atoms in total. The second-order valence-electron chi connectivity index (χ2n) is 7.65. The molecule has 37 heavy (non-hydrogen) atoms. The van der Waals surface area contributed by atoms with Gasteiger partial charge in [0.1, 0.15) is 17.4 Å². The molecule has 1 N–H and O–H groups in total. The van der Waals surface area contributed by atoms with Crippen LogP contribution >= 0.6 is 23.2 Å². The fraction of sp³-hybridized carbons (Fsp3) is 0. The van der Waals surface area contributed by atoms with Crippen molar-refractivity contribution < 1.29 is 19.2 Å². The predicted octanol–water partition coefficient (Wildman–Crippen LogP) is 6.82. The summed E-state index contributed by atoms with van der Waals surface area (Å²) >= 11 is 12.1. The molecular weight excluding hydrogens is 517 g/mol. The van der Waals surface area contributed by atoms with Crippen LogP contribution in [0.3, 0.4) is 0 Å². The molecule has 182 valence electrons. The maximum atomic E-state index is 12.8. The average molecular weight is 532 g/mol. The number of non-ortho nitro benzene ring substituents is 1. The number of rotatable bonds is 6. The van der Waals surface area contributed by atoms with E-state index in [1.165, 1.54) is 12.1 Å². The van der Waals surface area contributed by atoms with Crippen molar-refractivity contribution in [1.82, 2.24) is 0 Å². The van der Waals surface area contributed by atoms with E-state index in [4.69, 9.17) is 27.9 Å². The molecule has 4 aromatic carbocycles. The second kappa shape index (κ2) is 10.9. The molecule has 0 aromatic heterocycles. The van der Waals surface area contributed by atoms with Crippen LogP contribution in [0, 0.1) is 21.4 Å². The predicted molar refractivity (Wildman–Crippen MR) is 141 cm³/mol. The molecule has 0 spiro atoms. The van der Waals surface area contributed by atoms with E-state index in [0.717, 1.165) is 22.9 Å². The highest BCUT2D eigenvalue weighted by Crippen LogP contribution is 2.35. The second-order valence-corrected chi connectivity index (χ2v) is 8.47. The summed E-state index contributed by atoms with van der Waals surface area (Å²) in [5.41, 5.74) is 0.0867. The number of fused-ring (bicyclic) bond motifs is 1. The van der Waals surface area contributed by atoms with Crippen LogP contribution in [0.5, 0.6) is 5.75 Å². The summed E-state index contributed by atoms with van der Waals surface area (Å²) in [6.07, 6.45) is 1.29. The number of hydrogen-bond acceptors (Lipinski definition) is 6. The van der Waals surface area contributed by atoms with Gasteiger partial charge in [-0.05, 0) is 40.6 Å². The lowest BCUT2D eigenvalue weighted by Gasteiger charge is -2.09. The minimum Gasteiger partial charge on any atom is -0.423 e. The van der Waals surface area contributed by atoms with Gasteiger partial charge in [-0.3, -0.25) is 14.9 Å². The zero-order chi connectivity index (χ0) is 26.5. The third kappa shape index (κ3) is 5.76. The average Bonchev–Trinajstić information content (AvgIpc) is 2.88. The largest absolute Gasteiger partial charge is 0.423 e. The molecule has 4 rings (SSSR count). The monoisotopic (exact) mass is 531 g/mol. The number of halogens is 2. The Balaban J connectivity index is 1.55. The summed E-state index contributed by atoms with van der Waals surface area (Å²) in [5.74, 6) is -1.18. The molecular formula is C27H15Cl2N3O5. The number of esters is 1. The Morgan fingerprint density at radius 3 is 2.35 bits per heavy atom. The van der Waals surface area contributed by atoms with Crippen LogP contribution < -0.4 is 10.1 Å². The van der Waals surface area contributed by atoms with Crippen LogP contribution in [0.4, 0.5) is 11.4 Å². The van der Waals surface area contributed by atoms with Crippen molar-refractivity contribution in [2.75, 3.05) is 5.32 Å². The SMILES string of the molecule is N#C/C(=C\c1cccc(OC(=O)c2cccc3ccccc23)c1)C(=O)Nc1c(Cl)cc([N+](=O)[O-])cc1Cl. The van der Waals surface area contributed by atoms with E-state index in [0.29, 0.717) is 11.1 Å². The van der Waals surface area contributed by atoms with Gasteiger partial charge < -0.3 is 10.1 Å². The van der Waals surface area contributed by atoms with E-state index in [9.17, 15) is 25.0 Å². The Morgan fingerprint density at radius 2 is 1.65 bits per heavy atom. The van der Waals surface area contributed by atoms with E-state index in [-0.39, 0.29) is 32.7 Å².